The zero-order valence-electron chi connectivity index (χ0n) is 23.8. The van der Waals surface area contributed by atoms with Crippen LogP contribution in [0.4, 0.5) is 0 Å². The van der Waals surface area contributed by atoms with Crippen LogP contribution in [0.25, 0.3) is 5.69 Å². The minimum atomic E-state index is -0.974. The van der Waals surface area contributed by atoms with E-state index in [2.05, 4.69) is 33.1 Å². The number of hydrogen-bond acceptors (Lipinski definition) is 5. The van der Waals surface area contributed by atoms with Crippen LogP contribution in [-0.4, -0.2) is 55.2 Å². The molecular weight excluding hydrogens is 504 g/mol. The fraction of sp³-hybridized carbons (Fsp3) is 0.452. The molecule has 40 heavy (non-hydrogen) atoms. The molecule has 3 amide bonds. The SMILES string of the molecule is CC(C)C[C@@H]1C(=O)NC(C2Cc3ccccc3C2)C(=O)N1[C@@H](C(=O)NC(C)(C)C)c1ccc(-n2ccnn2)cc1. The molecule has 2 aromatic carbocycles. The second-order valence-corrected chi connectivity index (χ2v) is 12.4. The van der Waals surface area contributed by atoms with E-state index in [1.807, 2.05) is 71.0 Å². The van der Waals surface area contributed by atoms with Gasteiger partial charge in [-0.15, -0.1) is 5.10 Å². The molecule has 9 nitrogen and oxygen atoms in total. The molecule has 0 saturated carbocycles. The van der Waals surface area contributed by atoms with E-state index in [-0.39, 0.29) is 29.6 Å². The zero-order chi connectivity index (χ0) is 28.6. The molecule has 2 N–H and O–H groups in total. The monoisotopic (exact) mass is 542 g/mol. The molecule has 2 aliphatic rings. The Labute approximate surface area is 235 Å². The number of amides is 3. The van der Waals surface area contributed by atoms with Crippen LogP contribution in [-0.2, 0) is 27.2 Å². The highest BCUT2D eigenvalue weighted by Crippen LogP contribution is 2.35. The first kappa shape index (κ1) is 27.6. The Morgan fingerprint density at radius 1 is 1.05 bits per heavy atom. The van der Waals surface area contributed by atoms with Crippen LogP contribution in [0.15, 0.2) is 60.9 Å². The summed E-state index contributed by atoms with van der Waals surface area (Å²) in [6, 6.07) is 13.1. The molecule has 5 rings (SSSR count). The smallest absolute Gasteiger partial charge is 0.247 e. The van der Waals surface area contributed by atoms with Gasteiger partial charge in [-0.2, -0.15) is 0 Å². The van der Waals surface area contributed by atoms with Crippen molar-refractivity contribution in [2.75, 3.05) is 0 Å². The summed E-state index contributed by atoms with van der Waals surface area (Å²) in [7, 11) is 0. The molecule has 0 spiro atoms. The molecule has 1 aromatic heterocycles. The number of carbonyl (C=O) groups excluding carboxylic acids is 3. The highest BCUT2D eigenvalue weighted by atomic mass is 16.2. The Morgan fingerprint density at radius 2 is 1.70 bits per heavy atom. The molecule has 1 aliphatic heterocycles. The highest BCUT2D eigenvalue weighted by molar-refractivity contribution is 6.00. The van der Waals surface area contributed by atoms with Crippen LogP contribution in [0.2, 0.25) is 0 Å². The standard InChI is InChI=1S/C31H38N6O3/c1-19(2)16-25-28(38)33-26(23-17-21-8-6-7-9-22(21)18-23)30(40)37(25)27(29(39)34-31(3,4)5)20-10-12-24(13-11-20)36-15-14-32-35-36/h6-15,19,23,25-27H,16-18H2,1-5H3,(H,33,38)(H,34,39)/t25-,26?,27-/m1/s1. The summed E-state index contributed by atoms with van der Waals surface area (Å²) < 4.78 is 1.63. The van der Waals surface area contributed by atoms with Crippen LogP contribution in [0.1, 0.15) is 63.8 Å². The predicted molar refractivity (Wildman–Crippen MR) is 151 cm³/mol. The Hall–Kier alpha value is -4.01. The summed E-state index contributed by atoms with van der Waals surface area (Å²) in [6.07, 6.45) is 5.20. The van der Waals surface area contributed by atoms with Gasteiger partial charge >= 0.3 is 0 Å². The van der Waals surface area contributed by atoms with Gasteiger partial charge in [-0.05, 0) is 80.7 Å². The molecule has 1 aliphatic carbocycles. The lowest BCUT2D eigenvalue weighted by Crippen LogP contribution is -2.67. The van der Waals surface area contributed by atoms with Crippen LogP contribution < -0.4 is 10.6 Å². The first-order valence-corrected chi connectivity index (χ1v) is 14.0. The molecule has 3 aromatic rings. The second kappa shape index (κ2) is 10.9. The molecule has 1 unspecified atom stereocenters. The number of rotatable bonds is 7. The van der Waals surface area contributed by atoms with Gasteiger partial charge < -0.3 is 15.5 Å². The lowest BCUT2D eigenvalue weighted by Gasteiger charge is -2.45. The summed E-state index contributed by atoms with van der Waals surface area (Å²) in [5, 5.41) is 14.1. The van der Waals surface area contributed by atoms with E-state index in [1.54, 1.807) is 22.0 Å². The largest absolute Gasteiger partial charge is 0.349 e. The molecule has 1 saturated heterocycles. The first-order chi connectivity index (χ1) is 19.0. The first-order valence-electron chi connectivity index (χ1n) is 14.0. The highest BCUT2D eigenvalue weighted by Gasteiger charge is 2.49. The van der Waals surface area contributed by atoms with Crippen molar-refractivity contribution in [2.24, 2.45) is 11.8 Å². The fourth-order valence-electron chi connectivity index (χ4n) is 5.91. The molecule has 2 heterocycles. The average Bonchev–Trinajstić information content (AvgIpc) is 3.57. The third-order valence-corrected chi connectivity index (χ3v) is 7.63. The van der Waals surface area contributed by atoms with Crippen molar-refractivity contribution < 1.29 is 14.4 Å². The Balaban J connectivity index is 1.55. The maximum Gasteiger partial charge on any atom is 0.247 e. The van der Waals surface area contributed by atoms with Crippen LogP contribution in [0, 0.1) is 11.8 Å². The Bertz CT molecular complexity index is 1350. The molecule has 0 radical (unpaired) electrons. The van der Waals surface area contributed by atoms with Gasteiger partial charge in [-0.1, -0.05) is 55.5 Å². The van der Waals surface area contributed by atoms with Gasteiger partial charge in [0.05, 0.1) is 18.1 Å². The Morgan fingerprint density at radius 3 is 2.25 bits per heavy atom. The fourth-order valence-corrected chi connectivity index (χ4v) is 5.91. The van der Waals surface area contributed by atoms with E-state index in [0.717, 1.165) is 5.69 Å². The number of aromatic nitrogens is 3. The lowest BCUT2D eigenvalue weighted by atomic mass is 9.87. The van der Waals surface area contributed by atoms with Gasteiger partial charge in [-0.3, -0.25) is 14.4 Å². The van der Waals surface area contributed by atoms with Crippen LogP contribution in [0.5, 0.6) is 0 Å². The molecule has 210 valence electrons. The van der Waals surface area contributed by atoms with Crippen molar-refractivity contribution in [3.63, 3.8) is 0 Å². The van der Waals surface area contributed by atoms with Gasteiger partial charge in [-0.25, -0.2) is 4.68 Å². The van der Waals surface area contributed by atoms with Crippen molar-refractivity contribution in [1.82, 2.24) is 30.5 Å². The lowest BCUT2D eigenvalue weighted by molar-refractivity contribution is -0.158. The summed E-state index contributed by atoms with van der Waals surface area (Å²) >= 11 is 0. The summed E-state index contributed by atoms with van der Waals surface area (Å²) in [5.41, 5.74) is 3.29. The van der Waals surface area contributed by atoms with Crippen LogP contribution in [0.3, 0.4) is 0 Å². The molecular formula is C31H38N6O3. The van der Waals surface area contributed by atoms with Gasteiger partial charge in [0.2, 0.25) is 17.7 Å². The number of nitrogens with one attached hydrogen (secondary N) is 2. The van der Waals surface area contributed by atoms with Gasteiger partial charge in [0, 0.05) is 5.54 Å². The summed E-state index contributed by atoms with van der Waals surface area (Å²) in [6.45, 7) is 9.76. The summed E-state index contributed by atoms with van der Waals surface area (Å²) in [4.78, 5) is 43.7. The quantitative estimate of drug-likeness (QED) is 0.476. The van der Waals surface area contributed by atoms with E-state index in [4.69, 9.17) is 0 Å². The van der Waals surface area contributed by atoms with E-state index in [0.29, 0.717) is 24.8 Å². The number of hydrogen-bond donors (Lipinski definition) is 2. The topological polar surface area (TPSA) is 109 Å². The molecule has 3 atom stereocenters. The van der Waals surface area contributed by atoms with Gasteiger partial charge in [0.1, 0.15) is 18.1 Å². The number of piperazine rings is 1. The number of benzene rings is 2. The molecule has 1 fully saturated rings. The minimum absolute atomic E-state index is 0.0719. The third-order valence-electron chi connectivity index (χ3n) is 7.63. The molecule has 0 bridgehead atoms. The van der Waals surface area contributed by atoms with Crippen molar-refractivity contribution in [3.8, 4) is 5.69 Å². The maximum absolute atomic E-state index is 14.4. The predicted octanol–water partition coefficient (Wildman–Crippen LogP) is 3.38. The second-order valence-electron chi connectivity index (χ2n) is 12.4. The van der Waals surface area contributed by atoms with Crippen molar-refractivity contribution in [2.45, 2.75) is 77.5 Å². The van der Waals surface area contributed by atoms with E-state index in [1.165, 1.54) is 11.1 Å². The minimum Gasteiger partial charge on any atom is -0.349 e. The van der Waals surface area contributed by atoms with Gasteiger partial charge in [0.25, 0.3) is 0 Å². The van der Waals surface area contributed by atoms with Crippen molar-refractivity contribution >= 4 is 17.7 Å². The average molecular weight is 543 g/mol. The Kier molecular flexibility index (Phi) is 7.49. The molecule has 9 heteroatoms. The summed E-state index contributed by atoms with van der Waals surface area (Å²) in [5.74, 6) is -0.664. The van der Waals surface area contributed by atoms with E-state index in [9.17, 15) is 14.4 Å². The number of fused-ring (bicyclic) bond motifs is 1. The normalized spacial score (nSPS) is 20.4. The third kappa shape index (κ3) is 5.64. The zero-order valence-corrected chi connectivity index (χ0v) is 23.8. The number of carbonyl (C=O) groups is 3. The number of nitrogens with zero attached hydrogens (tertiary/aromatic N) is 4. The van der Waals surface area contributed by atoms with Crippen molar-refractivity contribution in [1.29, 1.82) is 0 Å². The van der Waals surface area contributed by atoms with Gasteiger partial charge in [0.15, 0.2) is 0 Å². The maximum atomic E-state index is 14.4. The van der Waals surface area contributed by atoms with Crippen LogP contribution >= 0.6 is 0 Å². The van der Waals surface area contributed by atoms with Crippen molar-refractivity contribution in [3.05, 3.63) is 77.6 Å². The van der Waals surface area contributed by atoms with E-state index >= 15 is 0 Å². The van der Waals surface area contributed by atoms with E-state index < -0.39 is 23.7 Å².